The Hall–Kier alpha value is -2.22. The highest BCUT2D eigenvalue weighted by Gasteiger charge is 2.33. The lowest BCUT2D eigenvalue weighted by Gasteiger charge is -2.33. The number of aliphatic carboxylic acids is 1. The van der Waals surface area contributed by atoms with Crippen LogP contribution in [0.15, 0.2) is 12.1 Å². The maximum absolute atomic E-state index is 13.5. The summed E-state index contributed by atoms with van der Waals surface area (Å²) in [5, 5.41) is 19.8. The van der Waals surface area contributed by atoms with E-state index < -0.39 is 45.8 Å². The van der Waals surface area contributed by atoms with E-state index in [1.807, 2.05) is 0 Å². The zero-order valence-corrected chi connectivity index (χ0v) is 12.8. The van der Waals surface area contributed by atoms with Crippen molar-refractivity contribution in [2.45, 2.75) is 31.7 Å². The normalized spacial score (nSPS) is 17.8. The Morgan fingerprint density at radius 2 is 2.13 bits per heavy atom. The summed E-state index contributed by atoms with van der Waals surface area (Å²) in [6.45, 7) is 0.264. The van der Waals surface area contributed by atoms with E-state index in [0.717, 1.165) is 12.1 Å². The second-order valence-corrected chi connectivity index (χ2v) is 5.67. The number of nitro benzene ring substituents is 1. The van der Waals surface area contributed by atoms with Crippen molar-refractivity contribution < 1.29 is 24.0 Å². The van der Waals surface area contributed by atoms with Gasteiger partial charge in [0.15, 0.2) is 0 Å². The molecule has 0 aliphatic carbocycles. The lowest BCUT2D eigenvalue weighted by atomic mass is 10.0. The number of nitro groups is 1. The molecule has 0 radical (unpaired) electrons. The molecule has 1 aromatic rings. The number of nitrogens with zero attached hydrogens (tertiary/aromatic N) is 2. The molecule has 1 aliphatic rings. The standard InChI is InChI=1S/C14H14ClFN2O5/c15-9-7-12(18(22)23)8(5-10(9)16)6-13(19)17-4-2-1-3-11(17)14(20)21/h5,7,11H,1-4,6H2,(H,20,21). The summed E-state index contributed by atoms with van der Waals surface area (Å²) < 4.78 is 13.5. The average Bonchev–Trinajstić information content (AvgIpc) is 2.50. The predicted octanol–water partition coefficient (Wildman–Crippen LogP) is 2.40. The van der Waals surface area contributed by atoms with Gasteiger partial charge in [0.05, 0.1) is 16.4 Å². The van der Waals surface area contributed by atoms with Crippen molar-refractivity contribution in [2.75, 3.05) is 6.54 Å². The van der Waals surface area contributed by atoms with E-state index in [1.165, 1.54) is 4.90 Å². The molecule has 124 valence electrons. The minimum Gasteiger partial charge on any atom is -0.480 e. The first-order valence-corrected chi connectivity index (χ1v) is 7.33. The SMILES string of the molecule is O=C(O)C1CCCCN1C(=O)Cc1cc(F)c(Cl)cc1[N+](=O)[O-]. The molecule has 1 aromatic carbocycles. The number of amides is 1. The molecule has 9 heteroatoms. The number of carboxylic acid groups (broad SMARTS) is 1. The smallest absolute Gasteiger partial charge is 0.326 e. The lowest BCUT2D eigenvalue weighted by Crippen LogP contribution is -2.48. The van der Waals surface area contributed by atoms with Crippen LogP contribution in [-0.2, 0) is 16.0 Å². The number of carbonyl (C=O) groups excluding carboxylic acids is 1. The summed E-state index contributed by atoms with van der Waals surface area (Å²) in [6.07, 6.45) is 1.23. The molecule has 0 bridgehead atoms. The quantitative estimate of drug-likeness (QED) is 0.667. The minimum absolute atomic E-state index is 0.128. The fraction of sp³-hybridized carbons (Fsp3) is 0.429. The number of hydrogen-bond donors (Lipinski definition) is 1. The first-order chi connectivity index (χ1) is 10.8. The van der Waals surface area contributed by atoms with Gasteiger partial charge in [-0.05, 0) is 25.3 Å². The molecule has 0 saturated carbocycles. The number of halogens is 2. The van der Waals surface area contributed by atoms with E-state index in [1.54, 1.807) is 0 Å². The monoisotopic (exact) mass is 344 g/mol. The number of likely N-dealkylation sites (tertiary alicyclic amines) is 1. The fourth-order valence-electron chi connectivity index (χ4n) is 2.64. The van der Waals surface area contributed by atoms with Crippen molar-refractivity contribution in [3.8, 4) is 0 Å². The third-order valence-electron chi connectivity index (χ3n) is 3.77. The molecule has 1 heterocycles. The summed E-state index contributed by atoms with van der Waals surface area (Å²) in [7, 11) is 0. The van der Waals surface area contributed by atoms with E-state index in [2.05, 4.69) is 0 Å². The van der Waals surface area contributed by atoms with Gasteiger partial charge in [-0.1, -0.05) is 11.6 Å². The van der Waals surface area contributed by atoms with Crippen LogP contribution in [0.3, 0.4) is 0 Å². The molecule has 0 spiro atoms. The third kappa shape index (κ3) is 3.76. The Kier molecular flexibility index (Phi) is 5.15. The van der Waals surface area contributed by atoms with Crippen LogP contribution in [0, 0.1) is 15.9 Å². The molecular formula is C14H14ClFN2O5. The Labute approximate surface area is 135 Å². The summed E-state index contributed by atoms with van der Waals surface area (Å²) in [5.74, 6) is -2.56. The molecule has 2 rings (SSSR count). The summed E-state index contributed by atoms with van der Waals surface area (Å²) in [6, 6.07) is 0.745. The molecule has 1 atom stereocenters. The van der Waals surface area contributed by atoms with Crippen LogP contribution in [0.5, 0.6) is 0 Å². The van der Waals surface area contributed by atoms with Gasteiger partial charge in [0.1, 0.15) is 11.9 Å². The number of hydrogen-bond acceptors (Lipinski definition) is 4. The third-order valence-corrected chi connectivity index (χ3v) is 4.06. The highest BCUT2D eigenvalue weighted by molar-refractivity contribution is 6.31. The van der Waals surface area contributed by atoms with Crippen molar-refractivity contribution in [1.82, 2.24) is 4.90 Å². The molecule has 1 saturated heterocycles. The Balaban J connectivity index is 2.27. The van der Waals surface area contributed by atoms with Crippen molar-refractivity contribution >= 4 is 29.2 Å². The van der Waals surface area contributed by atoms with E-state index in [0.29, 0.717) is 19.3 Å². The van der Waals surface area contributed by atoms with Crippen LogP contribution < -0.4 is 0 Å². The number of carboxylic acids is 1. The van der Waals surface area contributed by atoms with Crippen LogP contribution >= 0.6 is 11.6 Å². The summed E-state index contributed by atoms with van der Waals surface area (Å²) in [4.78, 5) is 35.0. The fourth-order valence-corrected chi connectivity index (χ4v) is 2.80. The molecule has 1 fully saturated rings. The van der Waals surface area contributed by atoms with Crippen LogP contribution in [0.1, 0.15) is 24.8 Å². The Morgan fingerprint density at radius 3 is 2.74 bits per heavy atom. The first kappa shape index (κ1) is 17.1. The van der Waals surface area contributed by atoms with Crippen LogP contribution in [0.4, 0.5) is 10.1 Å². The van der Waals surface area contributed by atoms with Crippen molar-refractivity contribution in [3.05, 3.63) is 38.7 Å². The van der Waals surface area contributed by atoms with Crippen molar-refractivity contribution in [2.24, 2.45) is 0 Å². The second kappa shape index (κ2) is 6.91. The van der Waals surface area contributed by atoms with Crippen molar-refractivity contribution in [1.29, 1.82) is 0 Å². The van der Waals surface area contributed by atoms with E-state index in [-0.39, 0.29) is 12.1 Å². The van der Waals surface area contributed by atoms with Crippen LogP contribution in [-0.4, -0.2) is 39.4 Å². The molecule has 1 aliphatic heterocycles. The molecule has 7 nitrogen and oxygen atoms in total. The van der Waals surface area contributed by atoms with E-state index >= 15 is 0 Å². The molecule has 1 unspecified atom stereocenters. The molecular weight excluding hydrogens is 331 g/mol. The topological polar surface area (TPSA) is 101 Å². The first-order valence-electron chi connectivity index (χ1n) is 6.96. The molecule has 23 heavy (non-hydrogen) atoms. The maximum atomic E-state index is 13.5. The van der Waals surface area contributed by atoms with Gasteiger partial charge in [0.2, 0.25) is 5.91 Å². The van der Waals surface area contributed by atoms with Gasteiger partial charge in [-0.2, -0.15) is 0 Å². The van der Waals surface area contributed by atoms with Gasteiger partial charge in [0.25, 0.3) is 5.69 Å². The minimum atomic E-state index is -1.12. The highest BCUT2D eigenvalue weighted by Crippen LogP contribution is 2.28. The number of piperidine rings is 1. The van der Waals surface area contributed by atoms with Gasteiger partial charge < -0.3 is 10.0 Å². The predicted molar refractivity (Wildman–Crippen MR) is 78.8 cm³/mol. The Bertz CT molecular complexity index is 667. The van der Waals surface area contributed by atoms with Crippen molar-refractivity contribution in [3.63, 3.8) is 0 Å². The number of benzene rings is 1. The van der Waals surface area contributed by atoms with E-state index in [9.17, 15) is 24.1 Å². The Morgan fingerprint density at radius 1 is 1.43 bits per heavy atom. The largest absolute Gasteiger partial charge is 0.480 e. The van der Waals surface area contributed by atoms with E-state index in [4.69, 9.17) is 16.7 Å². The maximum Gasteiger partial charge on any atom is 0.326 e. The summed E-state index contributed by atoms with van der Waals surface area (Å²) >= 11 is 5.53. The summed E-state index contributed by atoms with van der Waals surface area (Å²) in [5.41, 5.74) is -0.592. The zero-order valence-electron chi connectivity index (χ0n) is 12.0. The molecule has 1 N–H and O–H groups in total. The lowest BCUT2D eigenvalue weighted by molar-refractivity contribution is -0.385. The molecule has 1 amide bonds. The molecule has 0 aromatic heterocycles. The van der Waals surface area contributed by atoms with Gasteiger partial charge in [0, 0.05) is 18.2 Å². The average molecular weight is 345 g/mol. The van der Waals surface area contributed by atoms with Crippen LogP contribution in [0.25, 0.3) is 0 Å². The number of rotatable bonds is 4. The second-order valence-electron chi connectivity index (χ2n) is 5.27. The highest BCUT2D eigenvalue weighted by atomic mass is 35.5. The van der Waals surface area contributed by atoms with Gasteiger partial charge in [-0.15, -0.1) is 0 Å². The van der Waals surface area contributed by atoms with Crippen LogP contribution in [0.2, 0.25) is 5.02 Å². The van der Waals surface area contributed by atoms with Gasteiger partial charge in [-0.25, -0.2) is 9.18 Å². The number of carbonyl (C=O) groups is 2. The zero-order chi connectivity index (χ0) is 17.1. The van der Waals surface area contributed by atoms with Gasteiger partial charge >= 0.3 is 5.97 Å². The van der Waals surface area contributed by atoms with Gasteiger partial charge in [-0.3, -0.25) is 14.9 Å².